The highest BCUT2D eigenvalue weighted by molar-refractivity contribution is 9.10. The van der Waals surface area contributed by atoms with Gasteiger partial charge in [0.1, 0.15) is 5.82 Å². The van der Waals surface area contributed by atoms with Crippen LogP contribution in [0.2, 0.25) is 0 Å². The summed E-state index contributed by atoms with van der Waals surface area (Å²) in [6.07, 6.45) is 6.47. The first kappa shape index (κ1) is 13.3. The summed E-state index contributed by atoms with van der Waals surface area (Å²) in [5, 5.41) is 0. The lowest BCUT2D eigenvalue weighted by Gasteiger charge is -2.22. The lowest BCUT2D eigenvalue weighted by atomic mass is 9.89. The number of rotatable bonds is 2. The Labute approximate surface area is 125 Å². The Hall–Kier alpha value is -0.680. The minimum absolute atomic E-state index is 0.237. The van der Waals surface area contributed by atoms with Crippen LogP contribution >= 0.6 is 28.1 Å². The molecule has 1 aliphatic rings. The van der Waals surface area contributed by atoms with E-state index in [4.69, 9.17) is 12.2 Å². The molecule has 1 fully saturated rings. The topological polar surface area (TPSA) is 20.7 Å². The van der Waals surface area contributed by atoms with E-state index in [1.165, 1.54) is 32.1 Å². The summed E-state index contributed by atoms with van der Waals surface area (Å²) in [6, 6.07) is 3.33. The second kappa shape index (κ2) is 5.37. The van der Waals surface area contributed by atoms with Gasteiger partial charge in [0.05, 0.1) is 15.5 Å². The maximum atomic E-state index is 13.7. The normalized spacial score (nSPS) is 17.2. The molecular weight excluding hydrogens is 327 g/mol. The van der Waals surface area contributed by atoms with Crippen LogP contribution in [0.25, 0.3) is 11.0 Å². The number of hydrogen-bond acceptors (Lipinski definition) is 1. The maximum absolute atomic E-state index is 13.7. The van der Waals surface area contributed by atoms with Crippen LogP contribution < -0.4 is 0 Å². The van der Waals surface area contributed by atoms with E-state index < -0.39 is 0 Å². The van der Waals surface area contributed by atoms with E-state index in [1.807, 2.05) is 0 Å². The van der Waals surface area contributed by atoms with Crippen LogP contribution in [0.5, 0.6) is 0 Å². The molecule has 1 aromatic heterocycles. The van der Waals surface area contributed by atoms with Crippen molar-refractivity contribution in [3.05, 3.63) is 27.2 Å². The first-order valence-corrected chi connectivity index (χ1v) is 7.93. The monoisotopic (exact) mass is 342 g/mol. The van der Waals surface area contributed by atoms with Gasteiger partial charge in [-0.25, -0.2) is 4.39 Å². The predicted octanol–water partition coefficient (Wildman–Crippen LogP) is 5.18. The number of halogens is 2. The smallest absolute Gasteiger partial charge is 0.178 e. The summed E-state index contributed by atoms with van der Waals surface area (Å²) in [7, 11) is 0. The van der Waals surface area contributed by atoms with Gasteiger partial charge in [-0.3, -0.25) is 0 Å². The highest BCUT2D eigenvalue weighted by atomic mass is 79.9. The number of imidazole rings is 1. The van der Waals surface area contributed by atoms with Gasteiger partial charge >= 0.3 is 0 Å². The van der Waals surface area contributed by atoms with Crippen molar-refractivity contribution in [1.29, 1.82) is 0 Å². The number of benzene rings is 1. The molecule has 2 aromatic rings. The summed E-state index contributed by atoms with van der Waals surface area (Å²) < 4.78 is 16.9. The van der Waals surface area contributed by atoms with Crippen LogP contribution in [-0.2, 0) is 6.54 Å². The maximum Gasteiger partial charge on any atom is 0.178 e. The molecule has 1 aromatic carbocycles. The van der Waals surface area contributed by atoms with Crippen molar-refractivity contribution in [1.82, 2.24) is 9.55 Å². The Morgan fingerprint density at radius 2 is 2.05 bits per heavy atom. The molecule has 0 bridgehead atoms. The fourth-order valence-electron chi connectivity index (χ4n) is 2.96. The van der Waals surface area contributed by atoms with Crippen LogP contribution in [0.1, 0.15) is 32.1 Å². The molecule has 5 heteroatoms. The van der Waals surface area contributed by atoms with E-state index >= 15 is 0 Å². The number of hydrogen-bond donors (Lipinski definition) is 1. The minimum atomic E-state index is -0.237. The van der Waals surface area contributed by atoms with Crippen molar-refractivity contribution in [2.75, 3.05) is 0 Å². The predicted molar refractivity (Wildman–Crippen MR) is 81.4 cm³/mol. The molecule has 102 valence electrons. The van der Waals surface area contributed by atoms with E-state index in [-0.39, 0.29) is 5.82 Å². The van der Waals surface area contributed by atoms with Crippen molar-refractivity contribution < 1.29 is 4.39 Å². The molecule has 0 spiro atoms. The minimum Gasteiger partial charge on any atom is -0.331 e. The molecule has 0 aliphatic heterocycles. The molecular formula is C14H16BrFN2S. The summed E-state index contributed by atoms with van der Waals surface area (Å²) in [5.41, 5.74) is 1.77. The van der Waals surface area contributed by atoms with Crippen molar-refractivity contribution in [2.24, 2.45) is 5.92 Å². The van der Waals surface area contributed by atoms with Crippen LogP contribution in [0.4, 0.5) is 4.39 Å². The van der Waals surface area contributed by atoms with Crippen molar-refractivity contribution in [3.8, 4) is 0 Å². The average Bonchev–Trinajstić information content (AvgIpc) is 2.68. The molecule has 1 saturated carbocycles. The lowest BCUT2D eigenvalue weighted by Crippen LogP contribution is -2.14. The Morgan fingerprint density at radius 1 is 1.32 bits per heavy atom. The Bertz CT molecular complexity index is 655. The van der Waals surface area contributed by atoms with Crippen molar-refractivity contribution in [2.45, 2.75) is 38.6 Å². The number of aromatic amines is 1. The number of aromatic nitrogens is 2. The van der Waals surface area contributed by atoms with Gasteiger partial charge in [-0.05, 0) is 53.0 Å². The number of nitrogens with zero attached hydrogens (tertiary/aromatic N) is 1. The molecule has 1 aliphatic carbocycles. The molecule has 3 rings (SSSR count). The highest BCUT2D eigenvalue weighted by Gasteiger charge is 2.16. The third-order valence-electron chi connectivity index (χ3n) is 3.98. The van der Waals surface area contributed by atoms with Crippen LogP contribution in [0.15, 0.2) is 16.6 Å². The molecule has 0 radical (unpaired) electrons. The zero-order chi connectivity index (χ0) is 13.4. The first-order valence-electron chi connectivity index (χ1n) is 6.72. The molecule has 1 heterocycles. The van der Waals surface area contributed by atoms with E-state index in [0.717, 1.165) is 17.6 Å². The van der Waals surface area contributed by atoms with Gasteiger partial charge in [-0.1, -0.05) is 19.3 Å². The summed E-state index contributed by atoms with van der Waals surface area (Å²) >= 11 is 8.59. The second-order valence-electron chi connectivity index (χ2n) is 5.33. The molecule has 0 amide bonds. The quantitative estimate of drug-likeness (QED) is 0.745. The second-order valence-corrected chi connectivity index (χ2v) is 6.57. The zero-order valence-electron chi connectivity index (χ0n) is 10.6. The van der Waals surface area contributed by atoms with Gasteiger partial charge in [0.2, 0.25) is 0 Å². The SMILES string of the molecule is Fc1cc2c(cc1Br)[nH]c(=S)n2CC1CCCCC1. The first-order chi connectivity index (χ1) is 9.15. The van der Waals surface area contributed by atoms with Gasteiger partial charge in [0, 0.05) is 12.6 Å². The van der Waals surface area contributed by atoms with Crippen LogP contribution in [0, 0.1) is 16.5 Å². The molecule has 0 unspecified atom stereocenters. The largest absolute Gasteiger partial charge is 0.331 e. The summed E-state index contributed by atoms with van der Waals surface area (Å²) in [5.74, 6) is 0.435. The van der Waals surface area contributed by atoms with Crippen LogP contribution in [-0.4, -0.2) is 9.55 Å². The van der Waals surface area contributed by atoms with Crippen LogP contribution in [0.3, 0.4) is 0 Å². The fraction of sp³-hybridized carbons (Fsp3) is 0.500. The van der Waals surface area contributed by atoms with E-state index in [9.17, 15) is 4.39 Å². The van der Waals surface area contributed by atoms with E-state index in [2.05, 4.69) is 25.5 Å². The molecule has 2 nitrogen and oxygen atoms in total. The Morgan fingerprint density at radius 3 is 2.79 bits per heavy atom. The van der Waals surface area contributed by atoms with Crippen molar-refractivity contribution >= 4 is 39.2 Å². The van der Waals surface area contributed by atoms with Gasteiger partial charge in [0.15, 0.2) is 4.77 Å². The average molecular weight is 343 g/mol. The van der Waals surface area contributed by atoms with E-state index in [1.54, 1.807) is 12.1 Å². The van der Waals surface area contributed by atoms with E-state index in [0.29, 0.717) is 15.2 Å². The standard InChI is InChI=1S/C14H16BrFN2S/c15-10-6-12-13(7-11(10)16)18(14(19)17-12)8-9-4-2-1-3-5-9/h6-7,9H,1-5,8H2,(H,17,19). The lowest BCUT2D eigenvalue weighted by molar-refractivity contribution is 0.321. The molecule has 0 saturated heterocycles. The Kier molecular flexibility index (Phi) is 3.76. The van der Waals surface area contributed by atoms with Gasteiger partial charge in [-0.15, -0.1) is 0 Å². The molecule has 19 heavy (non-hydrogen) atoms. The van der Waals surface area contributed by atoms with Crippen molar-refractivity contribution in [3.63, 3.8) is 0 Å². The van der Waals surface area contributed by atoms with Gasteiger partial charge in [0.25, 0.3) is 0 Å². The zero-order valence-corrected chi connectivity index (χ0v) is 13.0. The van der Waals surface area contributed by atoms with Gasteiger partial charge in [-0.2, -0.15) is 0 Å². The highest BCUT2D eigenvalue weighted by Crippen LogP contribution is 2.28. The molecule has 0 atom stereocenters. The van der Waals surface area contributed by atoms with Gasteiger partial charge < -0.3 is 9.55 Å². The third-order valence-corrected chi connectivity index (χ3v) is 4.91. The number of fused-ring (bicyclic) bond motifs is 1. The number of nitrogens with one attached hydrogen (secondary N) is 1. The molecule has 1 N–H and O–H groups in total. The summed E-state index contributed by atoms with van der Waals surface area (Å²) in [6.45, 7) is 0.903. The fourth-order valence-corrected chi connectivity index (χ4v) is 3.59. The summed E-state index contributed by atoms with van der Waals surface area (Å²) in [4.78, 5) is 3.17. The number of H-pyrrole nitrogens is 1. The Balaban J connectivity index is 2.00. The third kappa shape index (κ3) is 2.63.